The van der Waals surface area contributed by atoms with Gasteiger partial charge in [-0.1, -0.05) is 20.4 Å². The van der Waals surface area contributed by atoms with Gasteiger partial charge >= 0.3 is 0 Å². The van der Waals surface area contributed by atoms with E-state index < -0.39 is 105 Å². The molecule has 19 nitrogen and oxygen atoms in total. The minimum atomic E-state index is -4.23. The van der Waals surface area contributed by atoms with E-state index in [4.69, 9.17) is 4.74 Å². The molecule has 258 valence electrons. The van der Waals surface area contributed by atoms with Gasteiger partial charge in [0.1, 0.15) is 0 Å². The van der Waals surface area contributed by atoms with Crippen LogP contribution in [-0.4, -0.2) is 126 Å². The molecule has 0 aromatic heterocycles. The second-order valence-electron chi connectivity index (χ2n) is 10.7. The van der Waals surface area contributed by atoms with E-state index >= 15 is 0 Å². The van der Waals surface area contributed by atoms with E-state index in [0.29, 0.717) is 26.3 Å². The highest BCUT2D eigenvalue weighted by Crippen LogP contribution is 2.53. The van der Waals surface area contributed by atoms with Crippen LogP contribution in [0.25, 0.3) is 0 Å². The number of rotatable bonds is 6. The molecule has 3 heterocycles. The van der Waals surface area contributed by atoms with Gasteiger partial charge in [-0.15, -0.1) is 0 Å². The van der Waals surface area contributed by atoms with Gasteiger partial charge < -0.3 is 76.6 Å². The van der Waals surface area contributed by atoms with Gasteiger partial charge in [0.15, 0.2) is 23.0 Å². The number of carbonyl (C=O) groups is 2. The molecule has 2 fully saturated rings. The summed E-state index contributed by atoms with van der Waals surface area (Å²) in [5, 5.41) is 131. The summed E-state index contributed by atoms with van der Waals surface area (Å²) in [6, 6.07) is 0. The number of aromatic hydroxyl groups is 7. The third-order valence-electron chi connectivity index (χ3n) is 8.20. The smallest absolute Gasteiger partial charge is 0.284 e. The zero-order chi connectivity index (χ0) is 35.4. The van der Waals surface area contributed by atoms with Crippen molar-refractivity contribution in [1.82, 2.24) is 15.1 Å². The topological polar surface area (TPSA) is 317 Å². The number of fused-ring (bicyclic) bond motifs is 1. The maximum atomic E-state index is 13.4. The minimum Gasteiger partial charge on any atom is -0.504 e. The van der Waals surface area contributed by atoms with Crippen LogP contribution >= 0.6 is 0 Å². The van der Waals surface area contributed by atoms with Crippen molar-refractivity contribution in [3.05, 3.63) is 34.5 Å². The minimum absolute atomic E-state index is 0.0178. The number of ether oxygens (including phenoxy) is 1. The maximum Gasteiger partial charge on any atom is 0.284 e. The molecule has 47 heavy (non-hydrogen) atoms. The van der Waals surface area contributed by atoms with Crippen molar-refractivity contribution in [2.24, 2.45) is 0 Å². The molecular formula is C28H36N4O15. The van der Waals surface area contributed by atoms with Crippen molar-refractivity contribution in [3.63, 3.8) is 0 Å². The molecule has 0 aliphatic carbocycles. The molecule has 0 radical (unpaired) electrons. The Morgan fingerprint density at radius 2 is 1.34 bits per heavy atom. The second-order valence-corrected chi connectivity index (χ2v) is 10.7. The first kappa shape index (κ1) is 35.1. The van der Waals surface area contributed by atoms with Crippen molar-refractivity contribution in [1.29, 1.82) is 0 Å². The zero-order valence-electron chi connectivity index (χ0n) is 25.1. The Morgan fingerprint density at radius 1 is 0.809 bits per heavy atom. The monoisotopic (exact) mass is 668 g/mol. The average Bonchev–Trinajstić information content (AvgIpc) is 3.39. The molecule has 5 rings (SSSR count). The van der Waals surface area contributed by atoms with E-state index in [9.17, 15) is 70.9 Å². The van der Waals surface area contributed by atoms with E-state index in [1.807, 2.05) is 13.8 Å². The lowest BCUT2D eigenvalue weighted by Gasteiger charge is -2.51. The molecule has 0 saturated carbocycles. The lowest BCUT2D eigenvalue weighted by Crippen LogP contribution is -2.83. The van der Waals surface area contributed by atoms with Gasteiger partial charge in [0.2, 0.25) is 17.2 Å². The molecule has 0 spiro atoms. The summed E-state index contributed by atoms with van der Waals surface area (Å²) in [6.45, 7) is 6.82. The standard InChI is InChI=1S/C26H30N4O15.C2H6/c1-9-25(41,42)26(43,44)24(40,23(39)28-9)30-8-12-13(22(30)38)17(33)21(37)18(34)14(12)27-6-10-11(7-29-2-4-45-5-3-29)16(32)20(36)19(35)15(10)31;1-2/h27,31-37,40-44H,1-8H2,(H,28,39);1-2H3. The second kappa shape index (κ2) is 12.1. The normalized spacial score (nSPS) is 21.9. The lowest BCUT2D eigenvalue weighted by atomic mass is 9.85. The molecule has 2 amide bonds. The van der Waals surface area contributed by atoms with Crippen molar-refractivity contribution in [2.45, 2.75) is 50.8 Å². The van der Waals surface area contributed by atoms with Crippen LogP contribution in [0.5, 0.6) is 40.2 Å². The highest BCUT2D eigenvalue weighted by molar-refractivity contribution is 6.07. The van der Waals surface area contributed by atoms with Gasteiger partial charge in [-0.05, 0) is 0 Å². The number of carbonyl (C=O) groups excluding carboxylic acids is 2. The summed E-state index contributed by atoms with van der Waals surface area (Å²) in [5.41, 5.74) is -7.17. The van der Waals surface area contributed by atoms with Gasteiger partial charge in [0.05, 0.1) is 36.7 Å². The number of hydrogen-bond acceptors (Lipinski definition) is 17. The van der Waals surface area contributed by atoms with Crippen LogP contribution < -0.4 is 10.6 Å². The summed E-state index contributed by atoms with van der Waals surface area (Å²) in [5.74, 6) is -18.8. The number of benzene rings is 2. The number of phenolic OH excluding ortho intramolecular Hbond substituents is 7. The Kier molecular flexibility index (Phi) is 9.05. The fourth-order valence-electron chi connectivity index (χ4n) is 5.52. The molecule has 3 aliphatic rings. The summed E-state index contributed by atoms with van der Waals surface area (Å²) < 4.78 is 5.29. The van der Waals surface area contributed by atoms with Crippen LogP contribution in [0, 0.1) is 0 Å². The van der Waals surface area contributed by atoms with Gasteiger partial charge in [0, 0.05) is 42.9 Å². The highest BCUT2D eigenvalue weighted by atomic mass is 16.6. The fraction of sp³-hybridized carbons (Fsp3) is 0.429. The first-order chi connectivity index (χ1) is 21.9. The van der Waals surface area contributed by atoms with E-state index in [2.05, 4.69) is 11.9 Å². The van der Waals surface area contributed by atoms with E-state index in [0.717, 1.165) is 0 Å². The van der Waals surface area contributed by atoms with Crippen LogP contribution in [0.3, 0.4) is 0 Å². The van der Waals surface area contributed by atoms with Crippen LogP contribution in [0.2, 0.25) is 0 Å². The number of morpholine rings is 1. The number of nitrogens with one attached hydrogen (secondary N) is 2. The molecule has 2 aromatic rings. The van der Waals surface area contributed by atoms with Crippen molar-refractivity contribution < 1.29 is 75.6 Å². The Bertz CT molecular complexity index is 1640. The third kappa shape index (κ3) is 5.04. The van der Waals surface area contributed by atoms with Crippen LogP contribution in [-0.2, 0) is 29.2 Å². The predicted octanol–water partition coefficient (Wildman–Crippen LogP) is -2.25. The Balaban J connectivity index is 0.00000245. The largest absolute Gasteiger partial charge is 0.504 e. The molecule has 14 N–H and O–H groups in total. The Hall–Kier alpha value is -4.76. The number of nitrogens with zero attached hydrogens (tertiary/aromatic N) is 2. The molecule has 19 heteroatoms. The van der Waals surface area contributed by atoms with E-state index in [1.54, 1.807) is 10.2 Å². The number of hydrogen-bond donors (Lipinski definition) is 14. The van der Waals surface area contributed by atoms with Gasteiger partial charge in [-0.25, -0.2) is 0 Å². The van der Waals surface area contributed by atoms with E-state index in [1.165, 1.54) is 0 Å². The lowest BCUT2D eigenvalue weighted by molar-refractivity contribution is -0.412. The summed E-state index contributed by atoms with van der Waals surface area (Å²) in [6.07, 6.45) is 0. The Morgan fingerprint density at radius 3 is 1.91 bits per heavy atom. The number of amides is 2. The van der Waals surface area contributed by atoms with Crippen LogP contribution in [0.1, 0.15) is 40.9 Å². The molecule has 1 atom stereocenters. The average molecular weight is 669 g/mol. The Labute approximate surface area is 265 Å². The SMILES string of the molecule is C=C1NC(=O)C(O)(N2Cc3c(NCc4c(O)c(O)c(O)c(O)c4CN4CCOCC4)c(O)c(O)c(O)c3C2=O)C(O)(O)C1(O)O.CC. The van der Waals surface area contributed by atoms with Crippen molar-refractivity contribution in [3.8, 4) is 40.2 Å². The number of anilines is 1. The first-order valence-corrected chi connectivity index (χ1v) is 14.1. The van der Waals surface area contributed by atoms with Gasteiger partial charge in [0.25, 0.3) is 29.1 Å². The highest BCUT2D eigenvalue weighted by Gasteiger charge is 2.74. The zero-order valence-corrected chi connectivity index (χ0v) is 25.1. The van der Waals surface area contributed by atoms with Gasteiger partial charge in [-0.3, -0.25) is 19.4 Å². The number of phenols is 7. The summed E-state index contributed by atoms with van der Waals surface area (Å²) in [7, 11) is 0. The maximum absolute atomic E-state index is 13.4. The molecule has 2 aromatic carbocycles. The fourth-order valence-corrected chi connectivity index (χ4v) is 5.52. The molecule has 0 bridgehead atoms. The molecular weight excluding hydrogens is 632 g/mol. The molecule has 2 saturated heterocycles. The summed E-state index contributed by atoms with van der Waals surface area (Å²) in [4.78, 5) is 28.1. The predicted molar refractivity (Wildman–Crippen MR) is 156 cm³/mol. The molecule has 3 aliphatic heterocycles. The summed E-state index contributed by atoms with van der Waals surface area (Å²) >= 11 is 0. The van der Waals surface area contributed by atoms with Crippen molar-refractivity contribution in [2.75, 3.05) is 31.6 Å². The van der Waals surface area contributed by atoms with E-state index in [-0.39, 0.29) is 22.6 Å². The van der Waals surface area contributed by atoms with Gasteiger partial charge in [-0.2, -0.15) is 0 Å². The van der Waals surface area contributed by atoms with Crippen LogP contribution in [0.15, 0.2) is 12.3 Å². The molecule has 1 unspecified atom stereocenters. The van der Waals surface area contributed by atoms with Crippen LogP contribution in [0.4, 0.5) is 5.69 Å². The van der Waals surface area contributed by atoms with Crippen molar-refractivity contribution >= 4 is 17.5 Å². The number of piperidine rings is 1. The third-order valence-corrected chi connectivity index (χ3v) is 8.20. The quantitative estimate of drug-likeness (QED) is 0.0878. The number of aliphatic hydroxyl groups is 5. The first-order valence-electron chi connectivity index (χ1n) is 14.1.